The number of non-ortho nitro benzene ring substituents is 1. The van der Waals surface area contributed by atoms with E-state index < -0.39 is 67.8 Å². The van der Waals surface area contributed by atoms with E-state index in [0.717, 1.165) is 21.9 Å². The van der Waals surface area contributed by atoms with Crippen molar-refractivity contribution in [3.63, 3.8) is 0 Å². The maximum atomic E-state index is 14.4. The van der Waals surface area contributed by atoms with Gasteiger partial charge in [-0.1, -0.05) is 17.7 Å². The highest BCUT2D eigenvalue weighted by Crippen LogP contribution is 2.66. The summed E-state index contributed by atoms with van der Waals surface area (Å²) in [6.45, 7) is 0. The maximum absolute atomic E-state index is 14.4. The number of carbonyl (C=O) groups is 4. The standard InChI is InChI=1S/C33H24Cl2FN3O8/c1-47-25-14-16(2-13-24(25)40)27-21-11-12-22-26(29(42)37(28(22)41)18-7-9-20(10-8-18)39(45)46)23(21)15-32(34)30(43)38(31(44)33(27,32)35)19-5-3-17(36)4-6-19/h2-11,13-14,22-23,26-27,40H,12,15H2,1H3/t22-,23+,26-,27-,32+,33-/m0/s1. The maximum Gasteiger partial charge on any atom is 0.269 e. The number of allylic oxidation sites excluding steroid dienone is 2. The zero-order valence-electron chi connectivity index (χ0n) is 24.4. The van der Waals surface area contributed by atoms with Crippen molar-refractivity contribution in [2.75, 3.05) is 16.9 Å². The van der Waals surface area contributed by atoms with Crippen LogP contribution in [-0.4, -0.2) is 50.5 Å². The van der Waals surface area contributed by atoms with Gasteiger partial charge >= 0.3 is 0 Å². The molecule has 2 heterocycles. The number of aromatic hydroxyl groups is 1. The van der Waals surface area contributed by atoms with E-state index in [0.29, 0.717) is 11.1 Å². The van der Waals surface area contributed by atoms with Gasteiger partial charge in [-0.15, -0.1) is 23.2 Å². The fourth-order valence-electron chi connectivity index (χ4n) is 7.62. The Bertz CT molecular complexity index is 1940. The third kappa shape index (κ3) is 4.17. The lowest BCUT2D eigenvalue weighted by Gasteiger charge is -2.50. The highest BCUT2D eigenvalue weighted by atomic mass is 35.5. The molecule has 11 nitrogen and oxygen atoms in total. The summed E-state index contributed by atoms with van der Waals surface area (Å²) in [5.74, 6) is -7.37. The number of nitro benzene ring substituents is 1. The van der Waals surface area contributed by atoms with Gasteiger partial charge in [0.2, 0.25) is 11.8 Å². The predicted molar refractivity (Wildman–Crippen MR) is 167 cm³/mol. The molecule has 2 aliphatic heterocycles. The minimum Gasteiger partial charge on any atom is -0.504 e. The van der Waals surface area contributed by atoms with Crippen molar-refractivity contribution in [3.05, 3.63) is 99.9 Å². The van der Waals surface area contributed by atoms with Crippen molar-refractivity contribution < 1.29 is 38.3 Å². The molecule has 4 aliphatic rings. The summed E-state index contributed by atoms with van der Waals surface area (Å²) in [6.07, 6.45) is 1.56. The van der Waals surface area contributed by atoms with Gasteiger partial charge in [-0.05, 0) is 72.9 Å². The van der Waals surface area contributed by atoms with E-state index in [4.69, 9.17) is 27.9 Å². The van der Waals surface area contributed by atoms with Crippen LogP contribution in [0.5, 0.6) is 11.5 Å². The molecular weight excluding hydrogens is 656 g/mol. The molecule has 240 valence electrons. The average molecular weight is 680 g/mol. The summed E-state index contributed by atoms with van der Waals surface area (Å²) in [6, 6.07) is 14.0. The fraction of sp³-hybridized carbons (Fsp3) is 0.273. The zero-order chi connectivity index (χ0) is 33.6. The third-order valence-electron chi connectivity index (χ3n) is 9.75. The summed E-state index contributed by atoms with van der Waals surface area (Å²) < 4.78 is 19.2. The van der Waals surface area contributed by atoms with Crippen molar-refractivity contribution >= 4 is 63.9 Å². The van der Waals surface area contributed by atoms with Crippen LogP contribution in [0.1, 0.15) is 24.3 Å². The number of nitrogens with zero attached hydrogens (tertiary/aromatic N) is 3. The smallest absolute Gasteiger partial charge is 0.269 e. The van der Waals surface area contributed by atoms with Gasteiger partial charge in [0.15, 0.2) is 21.2 Å². The van der Waals surface area contributed by atoms with Crippen LogP contribution in [0.4, 0.5) is 21.5 Å². The average Bonchev–Trinajstić information content (AvgIpc) is 3.39. The highest BCUT2D eigenvalue weighted by Gasteiger charge is 2.76. The first kappa shape index (κ1) is 30.8. The monoisotopic (exact) mass is 679 g/mol. The van der Waals surface area contributed by atoms with Gasteiger partial charge in [0.1, 0.15) is 5.82 Å². The third-order valence-corrected chi connectivity index (χ3v) is 11.2. The number of anilines is 2. The zero-order valence-corrected chi connectivity index (χ0v) is 25.9. The molecular formula is C33H24Cl2FN3O8. The molecule has 3 fully saturated rings. The van der Waals surface area contributed by atoms with Crippen LogP contribution >= 0.6 is 23.2 Å². The largest absolute Gasteiger partial charge is 0.504 e. The number of amides is 4. The molecule has 0 spiro atoms. The fourth-order valence-corrected chi connectivity index (χ4v) is 8.56. The number of phenols is 1. The molecule has 0 radical (unpaired) electrons. The second-order valence-corrected chi connectivity index (χ2v) is 13.2. The van der Waals surface area contributed by atoms with Gasteiger partial charge in [0.05, 0.1) is 35.2 Å². The van der Waals surface area contributed by atoms with Crippen LogP contribution in [0.25, 0.3) is 0 Å². The molecule has 0 unspecified atom stereocenters. The molecule has 3 aromatic carbocycles. The molecule has 47 heavy (non-hydrogen) atoms. The van der Waals surface area contributed by atoms with Crippen molar-refractivity contribution in [2.45, 2.75) is 28.5 Å². The van der Waals surface area contributed by atoms with E-state index >= 15 is 0 Å². The first-order valence-corrected chi connectivity index (χ1v) is 15.3. The lowest BCUT2D eigenvalue weighted by atomic mass is 9.56. The molecule has 2 saturated heterocycles. The Hall–Kier alpha value is -4.81. The minimum atomic E-state index is -2.15. The molecule has 14 heteroatoms. The Morgan fingerprint density at radius 2 is 1.55 bits per heavy atom. The molecule has 6 atom stereocenters. The van der Waals surface area contributed by atoms with Crippen LogP contribution in [0.3, 0.4) is 0 Å². The Kier molecular flexibility index (Phi) is 6.96. The number of hydrogen-bond donors (Lipinski definition) is 1. The summed E-state index contributed by atoms with van der Waals surface area (Å²) in [5.41, 5.74) is 0.855. The van der Waals surface area contributed by atoms with Crippen molar-refractivity contribution in [1.29, 1.82) is 0 Å². The Morgan fingerprint density at radius 1 is 0.915 bits per heavy atom. The van der Waals surface area contributed by atoms with Crippen LogP contribution in [0.2, 0.25) is 0 Å². The summed E-state index contributed by atoms with van der Waals surface area (Å²) in [4.78, 5) is 64.7. The number of hydrogen-bond acceptors (Lipinski definition) is 8. The molecule has 4 amide bonds. The van der Waals surface area contributed by atoms with Crippen molar-refractivity contribution in [1.82, 2.24) is 0 Å². The number of halogens is 3. The van der Waals surface area contributed by atoms with Crippen LogP contribution in [-0.2, 0) is 19.2 Å². The molecule has 0 bridgehead atoms. The highest BCUT2D eigenvalue weighted by molar-refractivity contribution is 6.58. The quantitative estimate of drug-likeness (QED) is 0.127. The summed E-state index contributed by atoms with van der Waals surface area (Å²) >= 11 is 14.7. The number of alkyl halides is 2. The number of imide groups is 2. The van der Waals surface area contributed by atoms with Gasteiger partial charge < -0.3 is 9.84 Å². The first-order valence-electron chi connectivity index (χ1n) is 14.5. The molecule has 7 rings (SSSR count). The Morgan fingerprint density at radius 3 is 2.19 bits per heavy atom. The number of rotatable bonds is 5. The molecule has 2 aliphatic carbocycles. The first-order chi connectivity index (χ1) is 22.3. The van der Waals surface area contributed by atoms with Crippen molar-refractivity contribution in [3.8, 4) is 11.5 Å². The second-order valence-electron chi connectivity index (χ2n) is 12.0. The molecule has 1 saturated carbocycles. The van der Waals surface area contributed by atoms with E-state index in [1.54, 1.807) is 6.08 Å². The number of ether oxygens (including phenoxy) is 1. The number of phenolic OH excluding ortho intramolecular Hbond substituents is 1. The van der Waals surface area contributed by atoms with E-state index in [1.807, 2.05) is 0 Å². The van der Waals surface area contributed by atoms with E-state index in [-0.39, 0.29) is 41.4 Å². The number of nitro groups is 1. The number of carbonyl (C=O) groups excluding carboxylic acids is 4. The molecule has 3 aromatic rings. The van der Waals surface area contributed by atoms with Gasteiger partial charge in [0, 0.05) is 18.1 Å². The van der Waals surface area contributed by atoms with Gasteiger partial charge in [0.25, 0.3) is 17.5 Å². The van der Waals surface area contributed by atoms with Gasteiger partial charge in [-0.2, -0.15) is 0 Å². The summed E-state index contributed by atoms with van der Waals surface area (Å²) in [7, 11) is 1.34. The second kappa shape index (κ2) is 10.6. The van der Waals surface area contributed by atoms with Gasteiger partial charge in [-0.25, -0.2) is 9.29 Å². The number of methoxy groups -OCH3 is 1. The summed E-state index contributed by atoms with van der Waals surface area (Å²) in [5, 5.41) is 21.6. The molecule has 1 N–H and O–H groups in total. The molecule has 0 aromatic heterocycles. The van der Waals surface area contributed by atoms with Crippen molar-refractivity contribution in [2.24, 2.45) is 17.8 Å². The van der Waals surface area contributed by atoms with E-state index in [1.165, 1.54) is 61.7 Å². The normalized spacial score (nSPS) is 29.7. The lowest BCUT2D eigenvalue weighted by Crippen LogP contribution is -2.60. The number of benzene rings is 3. The van der Waals surface area contributed by atoms with Gasteiger partial charge in [-0.3, -0.25) is 34.2 Å². The number of fused-ring (bicyclic) bond motifs is 4. The van der Waals surface area contributed by atoms with Crippen LogP contribution in [0.15, 0.2) is 78.4 Å². The van der Waals surface area contributed by atoms with Crippen LogP contribution < -0.4 is 14.5 Å². The topological polar surface area (TPSA) is 147 Å². The van der Waals surface area contributed by atoms with E-state index in [9.17, 15) is 38.8 Å². The van der Waals surface area contributed by atoms with E-state index in [2.05, 4.69) is 0 Å². The lowest BCUT2D eigenvalue weighted by molar-refractivity contribution is -0.384. The Labute approximate surface area is 276 Å². The Balaban J connectivity index is 1.38. The SMILES string of the molecule is COc1cc([C@H]2C3=CC[C@@H]4C(=O)N(c5ccc([N+](=O)[O-])cc5)C(=O)[C@@H]4[C@@H]3C[C@@]3(Cl)C(=O)N(c4ccc(F)cc4)C(=O)[C@@]23Cl)ccc1O. The predicted octanol–water partition coefficient (Wildman–Crippen LogP) is 5.22. The minimum absolute atomic E-state index is 0.0455. The van der Waals surface area contributed by atoms with Crippen LogP contribution in [0, 0.1) is 33.7 Å².